The first-order valence-corrected chi connectivity index (χ1v) is 4.16. The minimum atomic E-state index is 0.327. The highest BCUT2D eigenvalue weighted by molar-refractivity contribution is 7.16. The average Bonchev–Trinajstić information content (AvgIpc) is 2.52. The standard InChI is InChI=1S/C8H11O2P/c1-2-7(5-11)3-8-4-9-6-10-8/h2-4H,1,5-6,11H2/b7-3+. The van der Waals surface area contributed by atoms with Crippen molar-refractivity contribution in [2.75, 3.05) is 13.0 Å². The molecule has 0 aromatic carbocycles. The van der Waals surface area contributed by atoms with Crippen LogP contribution in [-0.2, 0) is 9.47 Å². The van der Waals surface area contributed by atoms with Gasteiger partial charge in [0.15, 0.2) is 5.76 Å². The van der Waals surface area contributed by atoms with E-state index in [1.165, 1.54) is 0 Å². The second-order valence-corrected chi connectivity index (χ2v) is 2.48. The first-order valence-electron chi connectivity index (χ1n) is 3.34. The van der Waals surface area contributed by atoms with Gasteiger partial charge in [0.1, 0.15) is 6.26 Å². The average molecular weight is 170 g/mol. The zero-order valence-electron chi connectivity index (χ0n) is 6.25. The van der Waals surface area contributed by atoms with Crippen LogP contribution < -0.4 is 0 Å². The van der Waals surface area contributed by atoms with E-state index in [1.807, 2.05) is 6.08 Å². The molecule has 3 heteroatoms. The topological polar surface area (TPSA) is 18.5 Å². The smallest absolute Gasteiger partial charge is 0.230 e. The number of hydrogen-bond acceptors (Lipinski definition) is 2. The summed E-state index contributed by atoms with van der Waals surface area (Å²) in [5.41, 5.74) is 1.12. The second-order valence-electron chi connectivity index (χ2n) is 2.08. The molecular weight excluding hydrogens is 159 g/mol. The molecule has 0 N–H and O–H groups in total. The van der Waals surface area contributed by atoms with E-state index in [0.717, 1.165) is 17.5 Å². The van der Waals surface area contributed by atoms with E-state index < -0.39 is 0 Å². The largest absolute Gasteiger partial charge is 0.461 e. The van der Waals surface area contributed by atoms with Crippen molar-refractivity contribution < 1.29 is 9.47 Å². The molecule has 2 nitrogen and oxygen atoms in total. The minimum absolute atomic E-state index is 0.327. The van der Waals surface area contributed by atoms with Gasteiger partial charge in [0.25, 0.3) is 0 Å². The number of ether oxygens (including phenoxy) is 2. The summed E-state index contributed by atoms with van der Waals surface area (Å²) in [5, 5.41) is 0. The molecule has 0 spiro atoms. The normalized spacial score (nSPS) is 16.8. The fourth-order valence-electron chi connectivity index (χ4n) is 0.712. The van der Waals surface area contributed by atoms with Crippen molar-refractivity contribution in [1.29, 1.82) is 0 Å². The lowest BCUT2D eigenvalue weighted by Gasteiger charge is -1.96. The highest BCUT2D eigenvalue weighted by Crippen LogP contribution is 2.12. The molecule has 0 fully saturated rings. The Morgan fingerprint density at radius 2 is 2.64 bits per heavy atom. The van der Waals surface area contributed by atoms with Crippen molar-refractivity contribution in [2.24, 2.45) is 0 Å². The van der Waals surface area contributed by atoms with E-state index in [4.69, 9.17) is 9.47 Å². The molecule has 1 unspecified atom stereocenters. The highest BCUT2D eigenvalue weighted by atomic mass is 31.0. The fourth-order valence-corrected chi connectivity index (χ4v) is 0.996. The molecule has 0 bridgehead atoms. The van der Waals surface area contributed by atoms with E-state index in [-0.39, 0.29) is 0 Å². The fraction of sp³-hybridized carbons (Fsp3) is 0.250. The van der Waals surface area contributed by atoms with Crippen LogP contribution in [0.3, 0.4) is 0 Å². The maximum Gasteiger partial charge on any atom is 0.230 e. The molecule has 0 saturated carbocycles. The molecule has 0 aromatic heterocycles. The first kappa shape index (κ1) is 8.35. The lowest BCUT2D eigenvalue weighted by molar-refractivity contribution is 0.0844. The summed E-state index contributed by atoms with van der Waals surface area (Å²) in [4.78, 5) is 0. The molecule has 1 heterocycles. The summed E-state index contributed by atoms with van der Waals surface area (Å²) in [5.74, 6) is 0.766. The van der Waals surface area contributed by atoms with Gasteiger partial charge >= 0.3 is 0 Å². The summed E-state index contributed by atoms with van der Waals surface area (Å²) >= 11 is 0. The maximum atomic E-state index is 5.09. The molecule has 0 amide bonds. The number of hydrogen-bond donors (Lipinski definition) is 0. The van der Waals surface area contributed by atoms with Crippen LogP contribution in [0.25, 0.3) is 0 Å². The van der Waals surface area contributed by atoms with E-state index in [2.05, 4.69) is 15.8 Å². The molecule has 60 valence electrons. The zero-order chi connectivity index (χ0) is 8.10. The predicted octanol–water partition coefficient (Wildman–Crippen LogP) is 1.82. The second kappa shape index (κ2) is 4.20. The summed E-state index contributed by atoms with van der Waals surface area (Å²) in [7, 11) is 2.63. The van der Waals surface area contributed by atoms with Crippen molar-refractivity contribution in [3.05, 3.63) is 36.3 Å². The Hall–Kier alpha value is -0.750. The van der Waals surface area contributed by atoms with Crippen LogP contribution in [-0.4, -0.2) is 13.0 Å². The van der Waals surface area contributed by atoms with Crippen LogP contribution in [0.2, 0.25) is 0 Å². The summed E-state index contributed by atoms with van der Waals surface area (Å²) < 4.78 is 9.97. The molecule has 1 aliphatic rings. The van der Waals surface area contributed by atoms with Gasteiger partial charge in [-0.1, -0.05) is 12.7 Å². The molecule has 1 atom stereocenters. The summed E-state index contributed by atoms with van der Waals surface area (Å²) in [6.45, 7) is 4.00. The van der Waals surface area contributed by atoms with Crippen LogP contribution in [0.15, 0.2) is 36.3 Å². The lowest BCUT2D eigenvalue weighted by atomic mass is 10.2. The maximum absolute atomic E-state index is 5.09. The van der Waals surface area contributed by atoms with Crippen LogP contribution in [0, 0.1) is 0 Å². The summed E-state index contributed by atoms with van der Waals surface area (Å²) in [6, 6.07) is 0. The van der Waals surface area contributed by atoms with Gasteiger partial charge in [0, 0.05) is 0 Å². The summed E-state index contributed by atoms with van der Waals surface area (Å²) in [6.07, 6.45) is 6.19. The molecular formula is C8H11O2P. The molecule has 0 aromatic rings. The Bertz CT molecular complexity index is 206. The first-order chi connectivity index (χ1) is 5.36. The Balaban J connectivity index is 2.60. The third-order valence-corrected chi connectivity index (χ3v) is 1.79. The van der Waals surface area contributed by atoms with Crippen molar-refractivity contribution in [3.8, 4) is 0 Å². The number of allylic oxidation sites excluding steroid dienone is 3. The van der Waals surface area contributed by atoms with Gasteiger partial charge in [-0.25, -0.2) is 0 Å². The van der Waals surface area contributed by atoms with Crippen LogP contribution >= 0.6 is 9.24 Å². The molecule has 1 rings (SSSR count). The third kappa shape index (κ3) is 2.39. The van der Waals surface area contributed by atoms with Gasteiger partial charge in [0.05, 0.1) is 0 Å². The predicted molar refractivity (Wildman–Crippen MR) is 48.0 cm³/mol. The van der Waals surface area contributed by atoms with Crippen molar-refractivity contribution in [1.82, 2.24) is 0 Å². The highest BCUT2D eigenvalue weighted by Gasteiger charge is 2.02. The molecule has 1 aliphatic heterocycles. The Labute approximate surface area is 68.8 Å². The third-order valence-electron chi connectivity index (χ3n) is 1.32. The monoisotopic (exact) mass is 170 g/mol. The van der Waals surface area contributed by atoms with Gasteiger partial charge in [0.2, 0.25) is 6.79 Å². The van der Waals surface area contributed by atoms with Crippen molar-refractivity contribution in [2.45, 2.75) is 0 Å². The lowest BCUT2D eigenvalue weighted by Crippen LogP contribution is -1.85. The van der Waals surface area contributed by atoms with Crippen molar-refractivity contribution >= 4 is 9.24 Å². The molecule has 0 aliphatic carbocycles. The number of rotatable bonds is 3. The quantitative estimate of drug-likeness (QED) is 0.475. The molecule has 0 radical (unpaired) electrons. The Morgan fingerprint density at radius 1 is 1.82 bits per heavy atom. The van der Waals surface area contributed by atoms with Crippen molar-refractivity contribution in [3.63, 3.8) is 0 Å². The van der Waals surface area contributed by atoms with Gasteiger partial charge in [-0.2, -0.15) is 0 Å². The van der Waals surface area contributed by atoms with E-state index in [0.29, 0.717) is 6.79 Å². The zero-order valence-corrected chi connectivity index (χ0v) is 7.40. The van der Waals surface area contributed by atoms with Gasteiger partial charge < -0.3 is 9.47 Å². The van der Waals surface area contributed by atoms with E-state index in [1.54, 1.807) is 12.3 Å². The minimum Gasteiger partial charge on any atom is -0.461 e. The van der Waals surface area contributed by atoms with Gasteiger partial charge in [-0.15, -0.1) is 9.24 Å². The van der Waals surface area contributed by atoms with Crippen LogP contribution in [0.1, 0.15) is 0 Å². The van der Waals surface area contributed by atoms with E-state index >= 15 is 0 Å². The SMILES string of the molecule is C=C/C(=C\C1=COCO1)CP. The molecule has 0 saturated heterocycles. The molecule has 11 heavy (non-hydrogen) atoms. The van der Waals surface area contributed by atoms with E-state index in [9.17, 15) is 0 Å². The van der Waals surface area contributed by atoms with Crippen LogP contribution in [0.4, 0.5) is 0 Å². The Morgan fingerprint density at radius 3 is 3.09 bits per heavy atom. The Kier molecular flexibility index (Phi) is 3.18. The van der Waals surface area contributed by atoms with Gasteiger partial charge in [-0.05, 0) is 17.8 Å². The van der Waals surface area contributed by atoms with Crippen LogP contribution in [0.5, 0.6) is 0 Å². The van der Waals surface area contributed by atoms with Gasteiger partial charge in [-0.3, -0.25) is 0 Å².